The van der Waals surface area contributed by atoms with Gasteiger partial charge in [-0.3, -0.25) is 9.59 Å². The van der Waals surface area contributed by atoms with Crippen LogP contribution < -0.4 is 15.4 Å². The molecule has 0 unspecified atom stereocenters. The molecule has 3 rings (SSSR count). The van der Waals surface area contributed by atoms with Crippen LogP contribution in [0.25, 0.3) is 0 Å². The van der Waals surface area contributed by atoms with E-state index in [1.807, 2.05) is 32.0 Å². The van der Waals surface area contributed by atoms with Gasteiger partial charge < -0.3 is 20.1 Å². The number of nitrogens with one attached hydrogen (secondary N) is 2. The van der Waals surface area contributed by atoms with E-state index < -0.39 is 11.9 Å². The minimum Gasteiger partial charge on any atom is -0.483 e. The van der Waals surface area contributed by atoms with Crippen molar-refractivity contribution in [3.8, 4) is 5.75 Å². The van der Waals surface area contributed by atoms with Gasteiger partial charge in [-0.05, 0) is 62.2 Å². The van der Waals surface area contributed by atoms with Crippen molar-refractivity contribution in [2.45, 2.75) is 20.8 Å². The summed E-state index contributed by atoms with van der Waals surface area (Å²) in [4.78, 5) is 37.2. The molecule has 0 radical (unpaired) electrons. The van der Waals surface area contributed by atoms with Crippen LogP contribution in [-0.4, -0.2) is 31.0 Å². The maximum absolute atomic E-state index is 12.9. The third-order valence-corrected chi connectivity index (χ3v) is 4.87. The van der Waals surface area contributed by atoms with E-state index >= 15 is 0 Å². The first-order chi connectivity index (χ1) is 15.9. The van der Waals surface area contributed by atoms with E-state index in [-0.39, 0.29) is 24.9 Å². The minimum absolute atomic E-state index is 0.264. The largest absolute Gasteiger partial charge is 0.483 e. The monoisotopic (exact) mass is 446 g/mol. The molecule has 0 saturated carbocycles. The van der Waals surface area contributed by atoms with Gasteiger partial charge in [-0.25, -0.2) is 4.79 Å². The highest BCUT2D eigenvalue weighted by molar-refractivity contribution is 6.07. The molecule has 0 aliphatic heterocycles. The van der Waals surface area contributed by atoms with Crippen molar-refractivity contribution < 1.29 is 23.9 Å². The maximum Gasteiger partial charge on any atom is 0.338 e. The molecule has 0 bridgehead atoms. The van der Waals surface area contributed by atoms with Crippen LogP contribution in [0.2, 0.25) is 0 Å². The van der Waals surface area contributed by atoms with Crippen LogP contribution in [0, 0.1) is 13.8 Å². The lowest BCUT2D eigenvalue weighted by Crippen LogP contribution is -2.22. The number of hydrogen-bond acceptors (Lipinski definition) is 5. The highest BCUT2D eigenvalue weighted by Crippen LogP contribution is 2.24. The van der Waals surface area contributed by atoms with Crippen LogP contribution in [0.1, 0.15) is 38.8 Å². The van der Waals surface area contributed by atoms with Crippen LogP contribution in [0.4, 0.5) is 11.4 Å². The number of rotatable bonds is 8. The molecule has 0 spiro atoms. The number of anilines is 2. The first kappa shape index (κ1) is 23.5. The molecule has 2 amide bonds. The quantitative estimate of drug-likeness (QED) is 0.487. The Kier molecular flexibility index (Phi) is 7.81. The summed E-state index contributed by atoms with van der Waals surface area (Å²) in [6.45, 7) is 5.52. The van der Waals surface area contributed by atoms with Gasteiger partial charge in [0.05, 0.1) is 17.7 Å². The Hall–Kier alpha value is -4.13. The van der Waals surface area contributed by atoms with Gasteiger partial charge in [0, 0.05) is 11.4 Å². The summed E-state index contributed by atoms with van der Waals surface area (Å²) in [5.41, 5.74) is 3.74. The van der Waals surface area contributed by atoms with E-state index in [4.69, 9.17) is 9.47 Å². The number of hydrogen-bond donors (Lipinski definition) is 2. The average molecular weight is 447 g/mol. The predicted octanol–water partition coefficient (Wildman–Crippen LogP) is 4.75. The summed E-state index contributed by atoms with van der Waals surface area (Å²) in [5, 5.41) is 5.61. The van der Waals surface area contributed by atoms with E-state index in [1.165, 1.54) is 6.07 Å². The summed E-state index contributed by atoms with van der Waals surface area (Å²) in [5.74, 6) is -0.933. The third-order valence-electron chi connectivity index (χ3n) is 4.87. The summed E-state index contributed by atoms with van der Waals surface area (Å²) in [6, 6.07) is 18.9. The first-order valence-electron chi connectivity index (χ1n) is 10.6. The molecule has 7 heteroatoms. The Morgan fingerprint density at radius 1 is 0.848 bits per heavy atom. The first-order valence-corrected chi connectivity index (χ1v) is 10.6. The third kappa shape index (κ3) is 6.20. The van der Waals surface area contributed by atoms with Gasteiger partial charge in [-0.1, -0.05) is 36.4 Å². The molecule has 0 aromatic heterocycles. The number of para-hydroxylation sites is 2. The maximum atomic E-state index is 12.9. The highest BCUT2D eigenvalue weighted by atomic mass is 16.5. The number of carbonyl (C=O) groups is 3. The Labute approximate surface area is 192 Å². The molecule has 7 nitrogen and oxygen atoms in total. The smallest absolute Gasteiger partial charge is 0.338 e. The highest BCUT2D eigenvalue weighted by Gasteiger charge is 2.16. The van der Waals surface area contributed by atoms with Crippen molar-refractivity contribution in [1.82, 2.24) is 0 Å². The fourth-order valence-corrected chi connectivity index (χ4v) is 3.25. The average Bonchev–Trinajstić information content (AvgIpc) is 2.80. The molecule has 3 aromatic rings. The number of esters is 1. The van der Waals surface area contributed by atoms with E-state index in [0.717, 1.165) is 16.8 Å². The Morgan fingerprint density at radius 2 is 1.55 bits per heavy atom. The molecule has 0 aliphatic rings. The molecular formula is C26H26N2O5. The van der Waals surface area contributed by atoms with Gasteiger partial charge in [-0.15, -0.1) is 0 Å². The molecular weight excluding hydrogens is 420 g/mol. The number of amides is 2. The number of ether oxygens (including phenoxy) is 2. The Morgan fingerprint density at radius 3 is 2.27 bits per heavy atom. The minimum atomic E-state index is -0.464. The zero-order valence-electron chi connectivity index (χ0n) is 18.8. The molecule has 2 N–H and O–H groups in total. The van der Waals surface area contributed by atoms with Gasteiger partial charge in [0.2, 0.25) is 0 Å². The lowest BCUT2D eigenvalue weighted by atomic mass is 10.1. The standard InChI is InChI=1S/C26H26N2O5/c1-4-32-26(31)19-11-8-12-20(15-19)27-23(29)16-33-22-14-6-5-13-21(22)25(30)28-24-17(2)9-7-10-18(24)3/h5-15H,4,16H2,1-3H3,(H,27,29)(H,28,30). The lowest BCUT2D eigenvalue weighted by Gasteiger charge is -2.14. The van der Waals surface area contributed by atoms with Crippen molar-refractivity contribution >= 4 is 29.2 Å². The second-order valence-corrected chi connectivity index (χ2v) is 7.36. The van der Waals surface area contributed by atoms with Crippen molar-refractivity contribution in [2.24, 2.45) is 0 Å². The lowest BCUT2D eigenvalue weighted by molar-refractivity contribution is -0.118. The van der Waals surface area contributed by atoms with Gasteiger partial charge >= 0.3 is 5.97 Å². The summed E-state index contributed by atoms with van der Waals surface area (Å²) >= 11 is 0. The molecule has 0 saturated heterocycles. The van der Waals surface area contributed by atoms with E-state index in [1.54, 1.807) is 49.4 Å². The van der Waals surface area contributed by atoms with Gasteiger partial charge in [0.25, 0.3) is 11.8 Å². The number of carbonyl (C=O) groups excluding carboxylic acids is 3. The number of aryl methyl sites for hydroxylation is 2. The van der Waals surface area contributed by atoms with Crippen LogP contribution >= 0.6 is 0 Å². The number of benzene rings is 3. The van der Waals surface area contributed by atoms with Crippen molar-refractivity contribution in [2.75, 3.05) is 23.8 Å². The topological polar surface area (TPSA) is 93.7 Å². The SMILES string of the molecule is CCOC(=O)c1cccc(NC(=O)COc2ccccc2C(=O)Nc2c(C)cccc2C)c1. The molecule has 170 valence electrons. The zero-order chi connectivity index (χ0) is 23.8. The molecule has 0 atom stereocenters. The summed E-state index contributed by atoms with van der Waals surface area (Å²) in [6.07, 6.45) is 0. The molecule has 0 fully saturated rings. The van der Waals surface area contributed by atoms with Crippen LogP contribution in [0.15, 0.2) is 66.7 Å². The van der Waals surface area contributed by atoms with Crippen molar-refractivity contribution in [1.29, 1.82) is 0 Å². The second-order valence-electron chi connectivity index (χ2n) is 7.36. The fourth-order valence-electron chi connectivity index (χ4n) is 3.25. The molecule has 33 heavy (non-hydrogen) atoms. The molecule has 0 aliphatic carbocycles. The van der Waals surface area contributed by atoms with Crippen LogP contribution in [-0.2, 0) is 9.53 Å². The summed E-state index contributed by atoms with van der Waals surface area (Å²) < 4.78 is 10.6. The Bertz CT molecular complexity index is 1150. The fraction of sp³-hybridized carbons (Fsp3) is 0.192. The van der Waals surface area contributed by atoms with Gasteiger partial charge in [0.1, 0.15) is 5.75 Å². The van der Waals surface area contributed by atoms with Gasteiger partial charge in [-0.2, -0.15) is 0 Å². The normalized spacial score (nSPS) is 10.3. The molecule has 3 aromatic carbocycles. The molecule has 0 heterocycles. The van der Waals surface area contributed by atoms with Gasteiger partial charge in [0.15, 0.2) is 6.61 Å². The van der Waals surface area contributed by atoms with Crippen molar-refractivity contribution in [3.63, 3.8) is 0 Å². The van der Waals surface area contributed by atoms with Crippen molar-refractivity contribution in [3.05, 3.63) is 89.0 Å². The zero-order valence-corrected chi connectivity index (χ0v) is 18.8. The Balaban J connectivity index is 1.65. The van der Waals surface area contributed by atoms with E-state index in [0.29, 0.717) is 16.8 Å². The van der Waals surface area contributed by atoms with Crippen LogP contribution in [0.5, 0.6) is 5.75 Å². The second kappa shape index (κ2) is 10.9. The predicted molar refractivity (Wildman–Crippen MR) is 127 cm³/mol. The van der Waals surface area contributed by atoms with Crippen LogP contribution in [0.3, 0.4) is 0 Å². The summed E-state index contributed by atoms with van der Waals surface area (Å²) in [7, 11) is 0. The van der Waals surface area contributed by atoms with E-state index in [2.05, 4.69) is 10.6 Å². The van der Waals surface area contributed by atoms with E-state index in [9.17, 15) is 14.4 Å².